The van der Waals surface area contributed by atoms with Crippen molar-refractivity contribution in [2.45, 2.75) is 33.7 Å². The molecule has 0 radical (unpaired) electrons. The third-order valence-electron chi connectivity index (χ3n) is 3.14. The van der Waals surface area contributed by atoms with Crippen LogP contribution in [0, 0.1) is 13.8 Å². The minimum Gasteiger partial charge on any atom is -0.398 e. The lowest BCUT2D eigenvalue weighted by molar-refractivity contribution is 0.0991. The largest absolute Gasteiger partial charge is 0.398 e. The van der Waals surface area contributed by atoms with E-state index in [0.29, 0.717) is 17.7 Å². The molecule has 1 heterocycles. The third kappa shape index (κ3) is 2.84. The van der Waals surface area contributed by atoms with Gasteiger partial charge in [0.1, 0.15) is 0 Å². The summed E-state index contributed by atoms with van der Waals surface area (Å²) >= 11 is 0. The van der Waals surface area contributed by atoms with Gasteiger partial charge in [-0.05, 0) is 39.0 Å². The normalized spacial score (nSPS) is 10.7. The Morgan fingerprint density at radius 2 is 2.05 bits per heavy atom. The van der Waals surface area contributed by atoms with Crippen molar-refractivity contribution in [2.24, 2.45) is 0 Å². The van der Waals surface area contributed by atoms with Gasteiger partial charge in [-0.15, -0.1) is 0 Å². The maximum atomic E-state index is 12.3. The second kappa shape index (κ2) is 5.26. The second-order valence-corrected chi connectivity index (χ2v) is 4.78. The lowest BCUT2D eigenvalue weighted by atomic mass is 10.0. The molecule has 0 bridgehead atoms. The molecule has 0 aliphatic carbocycles. The number of carbonyl (C=O) groups is 1. The van der Waals surface area contributed by atoms with E-state index in [2.05, 4.69) is 5.10 Å². The van der Waals surface area contributed by atoms with Crippen molar-refractivity contribution in [1.29, 1.82) is 0 Å². The van der Waals surface area contributed by atoms with Crippen LogP contribution in [0.5, 0.6) is 0 Å². The van der Waals surface area contributed by atoms with Gasteiger partial charge in [0.15, 0.2) is 5.78 Å². The summed E-state index contributed by atoms with van der Waals surface area (Å²) in [6, 6.07) is 7.49. The molecule has 0 saturated heterocycles. The lowest BCUT2D eigenvalue weighted by Crippen LogP contribution is -2.11. The van der Waals surface area contributed by atoms with E-state index in [-0.39, 0.29) is 5.78 Å². The third-order valence-corrected chi connectivity index (χ3v) is 3.14. The van der Waals surface area contributed by atoms with Crippen LogP contribution in [0.3, 0.4) is 0 Å². The molecule has 0 spiro atoms. The second-order valence-electron chi connectivity index (χ2n) is 4.78. The number of aromatic nitrogens is 2. The van der Waals surface area contributed by atoms with Crippen LogP contribution < -0.4 is 5.73 Å². The first-order valence-corrected chi connectivity index (χ1v) is 6.44. The van der Waals surface area contributed by atoms with Crippen molar-refractivity contribution >= 4 is 11.5 Å². The van der Waals surface area contributed by atoms with Crippen molar-refractivity contribution in [3.05, 3.63) is 46.8 Å². The number of carbonyl (C=O) groups excluding carboxylic acids is 1. The van der Waals surface area contributed by atoms with Crippen LogP contribution in [0.1, 0.15) is 34.2 Å². The van der Waals surface area contributed by atoms with Crippen molar-refractivity contribution in [1.82, 2.24) is 9.78 Å². The van der Waals surface area contributed by atoms with Crippen molar-refractivity contribution in [2.75, 3.05) is 5.73 Å². The first-order valence-electron chi connectivity index (χ1n) is 6.44. The predicted octanol–water partition coefficient (Wildman–Crippen LogP) is 2.53. The van der Waals surface area contributed by atoms with Gasteiger partial charge in [-0.1, -0.05) is 11.6 Å². The molecule has 0 fully saturated rings. The molecule has 100 valence electrons. The first-order chi connectivity index (χ1) is 9.01. The number of benzene rings is 1. The highest BCUT2D eigenvalue weighted by atomic mass is 16.1. The molecule has 0 aliphatic rings. The molecule has 0 amide bonds. The molecule has 0 aliphatic heterocycles. The van der Waals surface area contributed by atoms with Crippen LogP contribution >= 0.6 is 0 Å². The Balaban J connectivity index is 2.27. The van der Waals surface area contributed by atoms with Gasteiger partial charge < -0.3 is 5.73 Å². The van der Waals surface area contributed by atoms with Crippen LogP contribution in [0.25, 0.3) is 0 Å². The molecule has 4 heteroatoms. The summed E-state index contributed by atoms with van der Waals surface area (Å²) in [6.07, 6.45) is 0.336. The number of nitrogens with two attached hydrogens (primary N) is 1. The Labute approximate surface area is 113 Å². The number of ketones is 1. The smallest absolute Gasteiger partial charge is 0.170 e. The van der Waals surface area contributed by atoms with Crippen molar-refractivity contribution < 1.29 is 4.79 Å². The lowest BCUT2D eigenvalue weighted by Gasteiger charge is -2.07. The summed E-state index contributed by atoms with van der Waals surface area (Å²) < 4.78 is 1.86. The number of nitrogen functional groups attached to an aromatic ring is 1. The van der Waals surface area contributed by atoms with E-state index in [0.717, 1.165) is 23.5 Å². The number of hydrogen-bond acceptors (Lipinski definition) is 3. The Bertz CT molecular complexity index is 614. The Morgan fingerprint density at radius 3 is 2.74 bits per heavy atom. The molecular formula is C15H19N3O. The monoisotopic (exact) mass is 257 g/mol. The number of anilines is 1. The van der Waals surface area contributed by atoms with Crippen LogP contribution in [0.15, 0.2) is 24.3 Å². The fraction of sp³-hybridized carbons (Fsp3) is 0.333. The van der Waals surface area contributed by atoms with Crippen molar-refractivity contribution in [3.8, 4) is 0 Å². The summed E-state index contributed by atoms with van der Waals surface area (Å²) in [5.41, 5.74) is 9.92. The highest BCUT2D eigenvalue weighted by Gasteiger charge is 2.14. The van der Waals surface area contributed by atoms with Crippen LogP contribution in [0.4, 0.5) is 5.69 Å². The highest BCUT2D eigenvalue weighted by molar-refractivity contribution is 6.01. The molecule has 2 rings (SSSR count). The van der Waals surface area contributed by atoms with Gasteiger partial charge in [-0.2, -0.15) is 5.10 Å². The van der Waals surface area contributed by atoms with Gasteiger partial charge in [0.25, 0.3) is 0 Å². The topological polar surface area (TPSA) is 60.9 Å². The molecule has 0 unspecified atom stereocenters. The fourth-order valence-electron chi connectivity index (χ4n) is 2.19. The predicted molar refractivity (Wildman–Crippen MR) is 76.3 cm³/mol. The van der Waals surface area contributed by atoms with Gasteiger partial charge in [-0.3, -0.25) is 9.48 Å². The number of rotatable bonds is 4. The number of hydrogen-bond donors (Lipinski definition) is 1. The highest BCUT2D eigenvalue weighted by Crippen LogP contribution is 2.17. The van der Waals surface area contributed by atoms with Gasteiger partial charge in [0.2, 0.25) is 0 Å². The Morgan fingerprint density at radius 1 is 1.32 bits per heavy atom. The summed E-state index contributed by atoms with van der Waals surface area (Å²) in [6.45, 7) is 6.67. The number of aryl methyl sites for hydroxylation is 3. The van der Waals surface area contributed by atoms with E-state index >= 15 is 0 Å². The van der Waals surface area contributed by atoms with Gasteiger partial charge >= 0.3 is 0 Å². The van der Waals surface area contributed by atoms with E-state index in [1.807, 2.05) is 43.7 Å². The molecule has 0 atom stereocenters. The molecule has 0 saturated carbocycles. The first kappa shape index (κ1) is 13.3. The minimum atomic E-state index is 0.0378. The number of Topliss-reactive ketones (excluding diaryl/α,β-unsaturated/α-hetero) is 1. The summed E-state index contributed by atoms with van der Waals surface area (Å²) in [5.74, 6) is 0.0378. The molecule has 1 aromatic heterocycles. The maximum absolute atomic E-state index is 12.3. The Kier molecular flexibility index (Phi) is 3.69. The zero-order valence-corrected chi connectivity index (χ0v) is 11.6. The zero-order valence-electron chi connectivity index (χ0n) is 11.6. The van der Waals surface area contributed by atoms with Crippen LogP contribution in [-0.2, 0) is 13.0 Å². The summed E-state index contributed by atoms with van der Waals surface area (Å²) in [4.78, 5) is 12.3. The Hall–Kier alpha value is -2.10. The number of nitrogens with zero attached hydrogens (tertiary/aromatic N) is 2. The van der Waals surface area contributed by atoms with Crippen molar-refractivity contribution in [3.63, 3.8) is 0 Å². The SMILES string of the molecule is CCn1nc(C)cc1CC(=O)c1cc(C)ccc1N. The molecule has 1 aromatic carbocycles. The molecule has 19 heavy (non-hydrogen) atoms. The van der Waals surface area contributed by atoms with Gasteiger partial charge in [-0.25, -0.2) is 0 Å². The zero-order chi connectivity index (χ0) is 14.0. The van der Waals surface area contributed by atoms with E-state index < -0.39 is 0 Å². The molecular weight excluding hydrogens is 238 g/mol. The maximum Gasteiger partial charge on any atom is 0.170 e. The van der Waals surface area contributed by atoms with E-state index in [4.69, 9.17) is 5.73 Å². The molecule has 2 N–H and O–H groups in total. The van der Waals surface area contributed by atoms with Gasteiger partial charge in [0, 0.05) is 23.5 Å². The molecule has 2 aromatic rings. The average Bonchev–Trinajstić information content (AvgIpc) is 2.72. The minimum absolute atomic E-state index is 0.0378. The quantitative estimate of drug-likeness (QED) is 0.676. The van der Waals surface area contributed by atoms with E-state index in [1.54, 1.807) is 6.07 Å². The average molecular weight is 257 g/mol. The van der Waals surface area contributed by atoms with Crippen LogP contribution in [0.2, 0.25) is 0 Å². The van der Waals surface area contributed by atoms with Gasteiger partial charge in [0.05, 0.1) is 12.1 Å². The summed E-state index contributed by atoms with van der Waals surface area (Å²) in [7, 11) is 0. The van der Waals surface area contributed by atoms with E-state index in [1.165, 1.54) is 0 Å². The van der Waals surface area contributed by atoms with E-state index in [9.17, 15) is 4.79 Å². The van der Waals surface area contributed by atoms with Crippen LogP contribution in [-0.4, -0.2) is 15.6 Å². The fourth-order valence-corrected chi connectivity index (χ4v) is 2.19. The standard InChI is InChI=1S/C15H19N3O/c1-4-18-12(8-11(3)17-18)9-15(19)13-7-10(2)5-6-14(13)16/h5-8H,4,9,16H2,1-3H3. The summed E-state index contributed by atoms with van der Waals surface area (Å²) in [5, 5.41) is 4.35. The molecule has 4 nitrogen and oxygen atoms in total.